The molecule has 1 aliphatic heterocycles. The van der Waals surface area contributed by atoms with Gasteiger partial charge in [0.1, 0.15) is 0 Å². The molecule has 0 saturated carbocycles. The maximum Gasteiger partial charge on any atom is 0.259 e. The molecule has 1 amide bonds. The predicted octanol–water partition coefficient (Wildman–Crippen LogP) is 5.27. The number of benzene rings is 2. The van der Waals surface area contributed by atoms with Crippen molar-refractivity contribution in [2.24, 2.45) is 7.05 Å². The predicted molar refractivity (Wildman–Crippen MR) is 150 cm³/mol. The van der Waals surface area contributed by atoms with Gasteiger partial charge in [0, 0.05) is 59.5 Å². The minimum atomic E-state index is -0.0191. The van der Waals surface area contributed by atoms with Gasteiger partial charge in [-0.25, -0.2) is 9.97 Å². The zero-order valence-corrected chi connectivity index (χ0v) is 21.6. The van der Waals surface area contributed by atoms with Crippen molar-refractivity contribution < 1.29 is 4.79 Å². The first-order chi connectivity index (χ1) is 19.0. The molecule has 6 aromatic rings. The topological polar surface area (TPSA) is 120 Å². The zero-order chi connectivity index (χ0) is 26.7. The Morgan fingerprint density at radius 3 is 2.64 bits per heavy atom. The molecule has 39 heavy (non-hydrogen) atoms. The first-order valence-corrected chi connectivity index (χ1v) is 12.6. The van der Waals surface area contributed by atoms with E-state index >= 15 is 0 Å². The number of nitrogens with zero attached hydrogens (tertiary/aromatic N) is 6. The molecule has 10 heteroatoms. The monoisotopic (exact) mass is 515 g/mol. The Morgan fingerprint density at radius 1 is 1.00 bits per heavy atom. The van der Waals surface area contributed by atoms with E-state index in [-0.39, 0.29) is 5.91 Å². The molecule has 0 saturated heterocycles. The van der Waals surface area contributed by atoms with Crippen molar-refractivity contribution in [2.75, 3.05) is 10.2 Å². The van der Waals surface area contributed by atoms with E-state index in [1.54, 1.807) is 17.1 Å². The summed E-state index contributed by atoms with van der Waals surface area (Å²) < 4.78 is 1.80. The Kier molecular flexibility index (Phi) is 5.09. The Labute approximate surface area is 223 Å². The van der Waals surface area contributed by atoms with Gasteiger partial charge in [-0.2, -0.15) is 10.2 Å². The fraction of sp³-hybridized carbons (Fsp3) is 0.138. The van der Waals surface area contributed by atoms with Crippen LogP contribution in [-0.4, -0.2) is 40.8 Å². The van der Waals surface area contributed by atoms with E-state index < -0.39 is 0 Å². The molecule has 2 aromatic carbocycles. The molecule has 10 nitrogen and oxygen atoms in total. The van der Waals surface area contributed by atoms with Crippen LogP contribution in [0.15, 0.2) is 67.3 Å². The first kappa shape index (κ1) is 22.9. The van der Waals surface area contributed by atoms with E-state index in [9.17, 15) is 4.79 Å². The number of aryl methyl sites for hydroxylation is 3. The van der Waals surface area contributed by atoms with E-state index in [1.165, 1.54) is 0 Å². The van der Waals surface area contributed by atoms with E-state index in [0.717, 1.165) is 55.8 Å². The maximum atomic E-state index is 13.6. The highest BCUT2D eigenvalue weighted by Gasteiger charge is 2.32. The summed E-state index contributed by atoms with van der Waals surface area (Å²) in [6, 6.07) is 13.8. The van der Waals surface area contributed by atoms with Gasteiger partial charge in [-0.15, -0.1) is 0 Å². The summed E-state index contributed by atoms with van der Waals surface area (Å²) in [7, 11) is 1.90. The van der Waals surface area contributed by atoms with Gasteiger partial charge in [0.05, 0.1) is 29.6 Å². The standard InChI is InChI=1S/C29H25N9O/c1-16-11-31-29(34-25-10-17(2)37(3)36-25)35-26(16)22-14-30-27-20(22)7-5-9-24(27)38-15-23-19(18-12-32-33-13-18)6-4-8-21(23)28(38)39/h4-14,30H,15H2,1-3H3,(H,32,33)(H,31,34,35,36). The maximum absolute atomic E-state index is 13.6. The summed E-state index contributed by atoms with van der Waals surface area (Å²) in [5.41, 5.74) is 9.12. The number of aromatic nitrogens is 7. The molecule has 0 aliphatic carbocycles. The molecule has 7 rings (SSSR count). The average Bonchev–Trinajstić information content (AvgIpc) is 3.73. The number of fused-ring (bicyclic) bond motifs is 2. The fourth-order valence-corrected chi connectivity index (χ4v) is 5.27. The quantitative estimate of drug-likeness (QED) is 0.288. The lowest BCUT2D eigenvalue weighted by Gasteiger charge is -2.17. The largest absolute Gasteiger partial charge is 0.359 e. The molecule has 0 spiro atoms. The molecule has 4 aromatic heterocycles. The molecule has 0 atom stereocenters. The summed E-state index contributed by atoms with van der Waals surface area (Å²) in [5.74, 6) is 1.14. The Morgan fingerprint density at radius 2 is 1.85 bits per heavy atom. The average molecular weight is 516 g/mol. The molecule has 3 N–H and O–H groups in total. The number of carbonyl (C=O) groups excluding carboxylic acids is 1. The van der Waals surface area contributed by atoms with Crippen molar-refractivity contribution in [3.05, 3.63) is 89.6 Å². The SMILES string of the molecule is Cc1cnc(Nc2cc(C)n(C)n2)nc1-c1c[nH]c2c(N3Cc4c(cccc4-c4cn[nH]c4)C3=O)cccc12. The number of para-hydroxylation sites is 1. The second-order valence-electron chi connectivity index (χ2n) is 9.76. The smallest absolute Gasteiger partial charge is 0.259 e. The lowest BCUT2D eigenvalue weighted by atomic mass is 9.99. The minimum absolute atomic E-state index is 0.0191. The van der Waals surface area contributed by atoms with Crippen LogP contribution in [-0.2, 0) is 13.6 Å². The minimum Gasteiger partial charge on any atom is -0.359 e. The van der Waals surface area contributed by atoms with Crippen molar-refractivity contribution in [1.82, 2.24) is 34.9 Å². The summed E-state index contributed by atoms with van der Waals surface area (Å²) in [5, 5.41) is 15.6. The van der Waals surface area contributed by atoms with E-state index in [2.05, 4.69) is 30.6 Å². The van der Waals surface area contributed by atoms with Crippen molar-refractivity contribution >= 4 is 34.3 Å². The van der Waals surface area contributed by atoms with Gasteiger partial charge < -0.3 is 15.2 Å². The number of aromatic amines is 2. The van der Waals surface area contributed by atoms with Crippen LogP contribution in [0.3, 0.4) is 0 Å². The third kappa shape index (κ3) is 3.68. The zero-order valence-electron chi connectivity index (χ0n) is 21.6. The molecule has 0 bridgehead atoms. The number of carbonyl (C=O) groups is 1. The van der Waals surface area contributed by atoms with Crippen LogP contribution in [0.2, 0.25) is 0 Å². The molecule has 0 radical (unpaired) electrons. The molecule has 0 unspecified atom stereocenters. The van der Waals surface area contributed by atoms with Crippen LogP contribution in [0, 0.1) is 13.8 Å². The van der Waals surface area contributed by atoms with Crippen LogP contribution in [0.5, 0.6) is 0 Å². The molecule has 192 valence electrons. The number of hydrogen-bond acceptors (Lipinski definition) is 6. The molecular weight excluding hydrogens is 490 g/mol. The number of rotatable bonds is 5. The van der Waals surface area contributed by atoms with Gasteiger partial charge >= 0.3 is 0 Å². The summed E-state index contributed by atoms with van der Waals surface area (Å²) in [6.45, 7) is 4.46. The highest BCUT2D eigenvalue weighted by molar-refractivity contribution is 6.15. The van der Waals surface area contributed by atoms with E-state index in [0.29, 0.717) is 23.9 Å². The summed E-state index contributed by atoms with van der Waals surface area (Å²) >= 11 is 0. The van der Waals surface area contributed by atoms with Crippen LogP contribution in [0.1, 0.15) is 27.2 Å². The highest BCUT2D eigenvalue weighted by Crippen LogP contribution is 2.39. The van der Waals surface area contributed by atoms with Crippen molar-refractivity contribution in [2.45, 2.75) is 20.4 Å². The van der Waals surface area contributed by atoms with Gasteiger partial charge in [0.25, 0.3) is 5.91 Å². The van der Waals surface area contributed by atoms with Crippen molar-refractivity contribution in [3.63, 3.8) is 0 Å². The van der Waals surface area contributed by atoms with Gasteiger partial charge in [0.15, 0.2) is 5.82 Å². The Balaban J connectivity index is 1.27. The molecule has 1 aliphatic rings. The summed E-state index contributed by atoms with van der Waals surface area (Å²) in [6.07, 6.45) is 7.38. The van der Waals surface area contributed by atoms with Gasteiger partial charge in [-0.05, 0) is 42.7 Å². The second kappa shape index (κ2) is 8.66. The van der Waals surface area contributed by atoms with Gasteiger partial charge in [-0.1, -0.05) is 24.3 Å². The molecule has 0 fully saturated rings. The highest BCUT2D eigenvalue weighted by atomic mass is 16.2. The van der Waals surface area contributed by atoms with Crippen LogP contribution >= 0.6 is 0 Å². The van der Waals surface area contributed by atoms with Crippen LogP contribution in [0.4, 0.5) is 17.5 Å². The van der Waals surface area contributed by atoms with Crippen LogP contribution < -0.4 is 10.2 Å². The third-order valence-electron chi connectivity index (χ3n) is 7.34. The fourth-order valence-electron chi connectivity index (χ4n) is 5.27. The Hall–Kier alpha value is -5.25. The van der Waals surface area contributed by atoms with Gasteiger partial charge in [-0.3, -0.25) is 14.6 Å². The Bertz CT molecular complexity index is 1860. The molecule has 5 heterocycles. The van der Waals surface area contributed by atoms with Crippen molar-refractivity contribution in [1.29, 1.82) is 0 Å². The van der Waals surface area contributed by atoms with E-state index in [4.69, 9.17) is 4.98 Å². The number of amides is 1. The summed E-state index contributed by atoms with van der Waals surface area (Å²) in [4.78, 5) is 28.1. The lowest BCUT2D eigenvalue weighted by molar-refractivity contribution is 0.0997. The van der Waals surface area contributed by atoms with Crippen molar-refractivity contribution in [3.8, 4) is 22.4 Å². The molecular formula is C29H25N9O. The second-order valence-corrected chi connectivity index (χ2v) is 9.76. The lowest BCUT2D eigenvalue weighted by Crippen LogP contribution is -2.23. The number of hydrogen-bond donors (Lipinski definition) is 3. The van der Waals surface area contributed by atoms with Gasteiger partial charge in [0.2, 0.25) is 5.95 Å². The van der Waals surface area contributed by atoms with E-state index in [1.807, 2.05) is 80.7 Å². The number of anilines is 3. The first-order valence-electron chi connectivity index (χ1n) is 12.6. The number of H-pyrrole nitrogens is 2. The number of nitrogens with one attached hydrogen (secondary N) is 3. The van der Waals surface area contributed by atoms with Crippen LogP contribution in [0.25, 0.3) is 33.3 Å². The third-order valence-corrected chi connectivity index (χ3v) is 7.34. The normalized spacial score (nSPS) is 12.9.